The van der Waals surface area contributed by atoms with Crippen LogP contribution < -0.4 is 0 Å². The zero-order valence-corrected chi connectivity index (χ0v) is 14.0. The van der Waals surface area contributed by atoms with Gasteiger partial charge in [-0.1, -0.05) is 18.2 Å². The summed E-state index contributed by atoms with van der Waals surface area (Å²) in [5.74, 6) is 0.390. The average molecular weight is 329 g/mol. The summed E-state index contributed by atoms with van der Waals surface area (Å²) in [6.45, 7) is 2.35. The van der Waals surface area contributed by atoms with Crippen LogP contribution in [0.2, 0.25) is 0 Å². The summed E-state index contributed by atoms with van der Waals surface area (Å²) in [6.07, 6.45) is 6.95. The molecule has 128 valence electrons. The maximum atomic E-state index is 12.2. The standard InChI is InChI=1S/C19H23NO4/c1-10(21)19(23)6-5-11-9-13-12-3-4-14(22)16-18(12,7-8-20(13)2)15(11)17(19)24-16/h3-5,12-14,16,22-23H,6-9H2,1-2H3/t12-,13+,14-,16-,18-,19?/m0/s1. The van der Waals surface area contributed by atoms with Crippen LogP contribution in [0.5, 0.6) is 0 Å². The quantitative estimate of drug-likeness (QED) is 0.701. The van der Waals surface area contributed by atoms with Crippen LogP contribution in [0.1, 0.15) is 26.2 Å². The molecular weight excluding hydrogens is 306 g/mol. The van der Waals surface area contributed by atoms with Gasteiger partial charge in [0, 0.05) is 29.4 Å². The highest BCUT2D eigenvalue weighted by atomic mass is 16.5. The number of carbonyl (C=O) groups excluding carboxylic acids is 1. The molecule has 3 aliphatic carbocycles. The number of hydrogen-bond acceptors (Lipinski definition) is 5. The van der Waals surface area contributed by atoms with E-state index in [9.17, 15) is 15.0 Å². The van der Waals surface area contributed by atoms with Gasteiger partial charge >= 0.3 is 0 Å². The van der Waals surface area contributed by atoms with Gasteiger partial charge in [-0.3, -0.25) is 4.79 Å². The van der Waals surface area contributed by atoms with Crippen molar-refractivity contribution >= 4 is 5.78 Å². The van der Waals surface area contributed by atoms with Gasteiger partial charge in [-0.25, -0.2) is 0 Å². The summed E-state index contributed by atoms with van der Waals surface area (Å²) in [6, 6.07) is 0.381. The fourth-order valence-electron chi connectivity index (χ4n) is 5.80. The Labute approximate surface area is 141 Å². The van der Waals surface area contributed by atoms with Gasteiger partial charge < -0.3 is 19.8 Å². The van der Waals surface area contributed by atoms with E-state index in [1.54, 1.807) is 0 Å². The van der Waals surface area contributed by atoms with Gasteiger partial charge in [0.05, 0.1) is 0 Å². The lowest BCUT2D eigenvalue weighted by Crippen LogP contribution is -2.62. The summed E-state index contributed by atoms with van der Waals surface area (Å²) in [4.78, 5) is 14.6. The molecule has 0 aromatic heterocycles. The second-order valence-electron chi connectivity index (χ2n) is 8.04. The Morgan fingerprint density at radius 1 is 1.42 bits per heavy atom. The number of ether oxygens (including phenoxy) is 1. The van der Waals surface area contributed by atoms with E-state index in [1.807, 2.05) is 12.2 Å². The summed E-state index contributed by atoms with van der Waals surface area (Å²) >= 11 is 0. The van der Waals surface area contributed by atoms with E-state index in [1.165, 1.54) is 12.5 Å². The molecule has 5 heteroatoms. The number of ketones is 1. The SMILES string of the molecule is CC(=O)C1(O)CC=C2C[C@@H]3[C@@H]4C=C[C@H](O)[C@@H]5OC1=C2[C@]45CCN3C. The Balaban J connectivity index is 1.77. The monoisotopic (exact) mass is 329 g/mol. The fourth-order valence-corrected chi connectivity index (χ4v) is 5.80. The van der Waals surface area contributed by atoms with Gasteiger partial charge in [-0.05, 0) is 38.9 Å². The van der Waals surface area contributed by atoms with Crippen molar-refractivity contribution in [3.8, 4) is 0 Å². The maximum Gasteiger partial charge on any atom is 0.183 e. The predicted octanol–water partition coefficient (Wildman–Crippen LogP) is 0.931. The molecule has 0 aromatic rings. The number of piperidine rings is 1. The Morgan fingerprint density at radius 2 is 2.21 bits per heavy atom. The van der Waals surface area contributed by atoms with Crippen molar-refractivity contribution in [3.63, 3.8) is 0 Å². The molecular formula is C19H23NO4. The largest absolute Gasteiger partial charge is 0.487 e. The van der Waals surface area contributed by atoms with Gasteiger partial charge in [-0.2, -0.15) is 0 Å². The minimum absolute atomic E-state index is 0.253. The van der Waals surface area contributed by atoms with E-state index in [0.29, 0.717) is 11.8 Å². The Bertz CT molecular complexity index is 738. The first-order chi connectivity index (χ1) is 11.4. The van der Waals surface area contributed by atoms with Gasteiger partial charge in [0.15, 0.2) is 11.4 Å². The van der Waals surface area contributed by atoms with E-state index >= 15 is 0 Å². The smallest absolute Gasteiger partial charge is 0.183 e. The first-order valence-corrected chi connectivity index (χ1v) is 8.81. The molecule has 5 rings (SSSR count). The van der Waals surface area contributed by atoms with Crippen LogP contribution >= 0.6 is 0 Å². The Hall–Kier alpha value is -1.43. The third-order valence-electron chi connectivity index (χ3n) is 7.08. The minimum atomic E-state index is -1.58. The van der Waals surface area contributed by atoms with Crippen molar-refractivity contribution in [2.24, 2.45) is 11.3 Å². The van der Waals surface area contributed by atoms with Crippen molar-refractivity contribution in [3.05, 3.63) is 35.1 Å². The molecule has 0 amide bonds. The molecule has 5 nitrogen and oxygen atoms in total. The molecule has 2 aliphatic heterocycles. The van der Waals surface area contributed by atoms with Crippen molar-refractivity contribution in [2.45, 2.75) is 50.0 Å². The third kappa shape index (κ3) is 1.46. The number of carbonyl (C=O) groups is 1. The van der Waals surface area contributed by atoms with Crippen LogP contribution in [0.4, 0.5) is 0 Å². The number of likely N-dealkylation sites (tertiary alicyclic amines) is 1. The van der Waals surface area contributed by atoms with Gasteiger partial charge in [0.25, 0.3) is 0 Å². The van der Waals surface area contributed by atoms with Crippen molar-refractivity contribution < 1.29 is 19.7 Å². The molecule has 2 fully saturated rings. The van der Waals surface area contributed by atoms with E-state index in [-0.39, 0.29) is 23.5 Å². The van der Waals surface area contributed by atoms with E-state index in [4.69, 9.17) is 4.74 Å². The molecule has 2 N–H and O–H groups in total. The number of aliphatic hydroxyl groups is 2. The normalized spacial score (nSPS) is 48.8. The lowest BCUT2D eigenvalue weighted by atomic mass is 9.51. The predicted molar refractivity (Wildman–Crippen MR) is 87.0 cm³/mol. The summed E-state index contributed by atoms with van der Waals surface area (Å²) in [5, 5.41) is 21.6. The number of hydrogen-bond donors (Lipinski definition) is 2. The van der Waals surface area contributed by atoms with E-state index < -0.39 is 17.8 Å². The first kappa shape index (κ1) is 14.9. The van der Waals surface area contributed by atoms with Crippen LogP contribution in [-0.4, -0.2) is 58.3 Å². The highest BCUT2D eigenvalue weighted by Crippen LogP contribution is 2.65. The maximum absolute atomic E-state index is 12.2. The zero-order valence-electron chi connectivity index (χ0n) is 14.0. The summed E-state index contributed by atoms with van der Waals surface area (Å²) < 4.78 is 6.20. The second-order valence-corrected chi connectivity index (χ2v) is 8.04. The fraction of sp³-hybridized carbons (Fsp3) is 0.632. The van der Waals surface area contributed by atoms with E-state index in [0.717, 1.165) is 25.0 Å². The number of nitrogens with zero attached hydrogens (tertiary/aromatic N) is 1. The molecule has 6 atom stereocenters. The van der Waals surface area contributed by atoms with Crippen molar-refractivity contribution in [2.75, 3.05) is 13.6 Å². The molecule has 5 aliphatic rings. The van der Waals surface area contributed by atoms with Crippen LogP contribution in [0.25, 0.3) is 0 Å². The number of Topliss-reactive ketones (excluding diaryl/α,β-unsaturated/α-hetero) is 1. The van der Waals surface area contributed by atoms with Gasteiger partial charge in [0.2, 0.25) is 0 Å². The second kappa shape index (κ2) is 4.40. The van der Waals surface area contributed by atoms with Crippen molar-refractivity contribution in [1.29, 1.82) is 0 Å². The number of aliphatic hydroxyl groups excluding tert-OH is 1. The average Bonchev–Trinajstić information content (AvgIpc) is 2.90. The molecule has 0 aromatic carbocycles. The minimum Gasteiger partial charge on any atom is -0.487 e. The Morgan fingerprint density at radius 3 is 2.96 bits per heavy atom. The Kier molecular flexibility index (Phi) is 2.72. The van der Waals surface area contributed by atoms with Crippen LogP contribution in [0.3, 0.4) is 0 Å². The molecule has 1 unspecified atom stereocenters. The van der Waals surface area contributed by atoms with Crippen molar-refractivity contribution in [1.82, 2.24) is 4.90 Å². The van der Waals surface area contributed by atoms with E-state index in [2.05, 4.69) is 18.0 Å². The molecule has 1 spiro atoms. The third-order valence-corrected chi connectivity index (χ3v) is 7.08. The summed E-state index contributed by atoms with van der Waals surface area (Å²) in [5.41, 5.74) is 0.336. The van der Waals surface area contributed by atoms with Gasteiger partial charge in [0.1, 0.15) is 18.0 Å². The lowest BCUT2D eigenvalue weighted by molar-refractivity contribution is -0.138. The lowest BCUT2D eigenvalue weighted by Gasteiger charge is -2.58. The highest BCUT2D eigenvalue weighted by Gasteiger charge is 2.67. The molecule has 1 saturated heterocycles. The first-order valence-electron chi connectivity index (χ1n) is 8.81. The van der Waals surface area contributed by atoms with Crippen LogP contribution in [0.15, 0.2) is 35.1 Å². The van der Waals surface area contributed by atoms with Gasteiger partial charge in [-0.15, -0.1) is 0 Å². The van der Waals surface area contributed by atoms with Crippen LogP contribution in [0, 0.1) is 11.3 Å². The molecule has 2 bridgehead atoms. The highest BCUT2D eigenvalue weighted by molar-refractivity contribution is 5.89. The topological polar surface area (TPSA) is 70.0 Å². The van der Waals surface area contributed by atoms with Crippen LogP contribution in [-0.2, 0) is 9.53 Å². The molecule has 24 heavy (non-hydrogen) atoms. The molecule has 1 saturated carbocycles. The zero-order chi connectivity index (χ0) is 16.9. The summed E-state index contributed by atoms with van der Waals surface area (Å²) in [7, 11) is 2.16. The molecule has 2 heterocycles. The number of rotatable bonds is 1. The molecule has 0 radical (unpaired) electrons.